The van der Waals surface area contributed by atoms with Crippen molar-refractivity contribution in [2.24, 2.45) is 5.92 Å². The lowest BCUT2D eigenvalue weighted by Gasteiger charge is -2.31. The van der Waals surface area contributed by atoms with Crippen molar-refractivity contribution in [3.63, 3.8) is 0 Å². The topological polar surface area (TPSA) is 68.3 Å². The largest absolute Gasteiger partial charge is 0.398 e. The summed E-state index contributed by atoms with van der Waals surface area (Å²) in [5.74, 6) is 0.338. The maximum Gasteiger partial charge on any atom is 0.259 e. The van der Waals surface area contributed by atoms with E-state index in [1.165, 1.54) is 0 Å². The summed E-state index contributed by atoms with van der Waals surface area (Å²) in [4.78, 5) is 27.8. The minimum absolute atomic E-state index is 0.147. The summed E-state index contributed by atoms with van der Waals surface area (Å²) in [6.45, 7) is 3.61. The van der Waals surface area contributed by atoms with Crippen molar-refractivity contribution in [1.29, 1.82) is 0 Å². The van der Waals surface area contributed by atoms with Gasteiger partial charge in [0.15, 0.2) is 0 Å². The van der Waals surface area contributed by atoms with Gasteiger partial charge < -0.3 is 15.2 Å². The highest BCUT2D eigenvalue weighted by molar-refractivity contribution is 6.00. The van der Waals surface area contributed by atoms with Crippen LogP contribution in [0.1, 0.15) is 49.0 Å². The molecule has 1 aliphatic heterocycles. The van der Waals surface area contributed by atoms with E-state index in [4.69, 9.17) is 5.73 Å². The molecule has 1 unspecified atom stereocenters. The molecule has 24 heavy (non-hydrogen) atoms. The number of nitrogen functional groups attached to an aromatic ring is 1. The minimum Gasteiger partial charge on any atom is -0.398 e. The Hall–Kier alpha value is -2.30. The lowest BCUT2D eigenvalue weighted by molar-refractivity contribution is 0.0681. The fourth-order valence-electron chi connectivity index (χ4n) is 3.77. The van der Waals surface area contributed by atoms with Crippen LogP contribution in [-0.4, -0.2) is 28.5 Å². The van der Waals surface area contributed by atoms with Crippen LogP contribution in [0.4, 0.5) is 5.69 Å². The average Bonchev–Trinajstić information content (AvgIpc) is 3.39. The smallest absolute Gasteiger partial charge is 0.259 e. The van der Waals surface area contributed by atoms with Gasteiger partial charge >= 0.3 is 0 Å². The van der Waals surface area contributed by atoms with E-state index in [1.807, 2.05) is 17.0 Å². The summed E-state index contributed by atoms with van der Waals surface area (Å²) in [5, 5.41) is 0.486. The molecule has 1 aromatic heterocycles. The molecule has 2 fully saturated rings. The van der Waals surface area contributed by atoms with Crippen molar-refractivity contribution in [1.82, 2.24) is 9.47 Å². The number of amides is 1. The number of piperidine rings is 1. The van der Waals surface area contributed by atoms with E-state index in [-0.39, 0.29) is 16.9 Å². The minimum atomic E-state index is -0.233. The van der Waals surface area contributed by atoms with Crippen molar-refractivity contribution in [2.45, 2.75) is 38.6 Å². The molecule has 5 heteroatoms. The van der Waals surface area contributed by atoms with Gasteiger partial charge in [0.25, 0.3) is 5.91 Å². The number of nitrogens with zero attached hydrogens (tertiary/aromatic N) is 2. The Morgan fingerprint density at radius 3 is 2.75 bits per heavy atom. The molecule has 5 nitrogen and oxygen atoms in total. The van der Waals surface area contributed by atoms with Gasteiger partial charge in [0.1, 0.15) is 5.56 Å². The predicted molar refractivity (Wildman–Crippen MR) is 95.2 cm³/mol. The number of nitrogens with two attached hydrogens (primary N) is 1. The molecule has 126 valence electrons. The SMILES string of the molecule is CC1CCCN(C(=O)c2cn(C3CC3)c3cccc(N)c3c2=O)C1. The van der Waals surface area contributed by atoms with Crippen molar-refractivity contribution < 1.29 is 4.79 Å². The fourth-order valence-corrected chi connectivity index (χ4v) is 3.77. The first-order valence-electron chi connectivity index (χ1n) is 8.79. The normalized spacial score (nSPS) is 21.2. The third-order valence-electron chi connectivity index (χ3n) is 5.21. The van der Waals surface area contributed by atoms with Gasteiger partial charge in [0.05, 0.1) is 10.9 Å². The maximum absolute atomic E-state index is 13.0. The van der Waals surface area contributed by atoms with Crippen LogP contribution in [0.2, 0.25) is 0 Å². The highest BCUT2D eigenvalue weighted by Gasteiger charge is 2.29. The number of likely N-dealkylation sites (tertiary alicyclic amines) is 1. The van der Waals surface area contributed by atoms with Crippen LogP contribution in [-0.2, 0) is 0 Å². The third kappa shape index (κ3) is 2.48. The first-order valence-corrected chi connectivity index (χ1v) is 8.79. The van der Waals surface area contributed by atoms with Crippen molar-refractivity contribution in [2.75, 3.05) is 18.8 Å². The highest BCUT2D eigenvalue weighted by atomic mass is 16.2. The number of pyridine rings is 1. The highest BCUT2D eigenvalue weighted by Crippen LogP contribution is 2.37. The van der Waals surface area contributed by atoms with Crippen LogP contribution in [0.25, 0.3) is 10.9 Å². The summed E-state index contributed by atoms with van der Waals surface area (Å²) in [5.41, 5.74) is 7.40. The van der Waals surface area contributed by atoms with E-state index >= 15 is 0 Å². The van der Waals surface area contributed by atoms with Gasteiger partial charge in [-0.25, -0.2) is 0 Å². The molecule has 4 rings (SSSR count). The molecule has 1 atom stereocenters. The number of carbonyl (C=O) groups excluding carboxylic acids is 1. The number of anilines is 1. The molecular weight excluding hydrogens is 302 g/mol. The molecule has 2 aromatic rings. The lowest BCUT2D eigenvalue weighted by Crippen LogP contribution is -2.41. The van der Waals surface area contributed by atoms with Crippen molar-refractivity contribution >= 4 is 22.5 Å². The van der Waals surface area contributed by atoms with Crippen molar-refractivity contribution in [3.8, 4) is 0 Å². The predicted octanol–water partition coefficient (Wildman–Crippen LogP) is 2.79. The molecule has 2 aliphatic rings. The quantitative estimate of drug-likeness (QED) is 0.863. The molecule has 1 aromatic carbocycles. The Balaban J connectivity index is 1.86. The van der Waals surface area contributed by atoms with Gasteiger partial charge in [0.2, 0.25) is 5.43 Å². The second-order valence-corrected chi connectivity index (χ2v) is 7.25. The van der Waals surface area contributed by atoms with Gasteiger partial charge in [-0.15, -0.1) is 0 Å². The summed E-state index contributed by atoms with van der Waals surface area (Å²) in [7, 11) is 0. The van der Waals surface area contributed by atoms with E-state index in [2.05, 4.69) is 11.5 Å². The third-order valence-corrected chi connectivity index (χ3v) is 5.21. The zero-order valence-electron chi connectivity index (χ0n) is 14.0. The molecule has 1 saturated carbocycles. The molecule has 0 radical (unpaired) electrons. The number of hydrogen-bond donors (Lipinski definition) is 1. The summed E-state index contributed by atoms with van der Waals surface area (Å²) >= 11 is 0. The number of rotatable bonds is 2. The molecule has 1 saturated heterocycles. The maximum atomic E-state index is 13.0. The number of hydrogen-bond acceptors (Lipinski definition) is 3. The Morgan fingerprint density at radius 1 is 1.25 bits per heavy atom. The Kier molecular flexibility index (Phi) is 3.59. The van der Waals surface area contributed by atoms with E-state index in [9.17, 15) is 9.59 Å². The second kappa shape index (κ2) is 5.65. The van der Waals surface area contributed by atoms with Gasteiger partial charge in [0, 0.05) is 31.0 Å². The zero-order valence-corrected chi connectivity index (χ0v) is 14.0. The van der Waals surface area contributed by atoms with Crippen LogP contribution < -0.4 is 11.2 Å². The molecule has 2 heterocycles. The van der Waals surface area contributed by atoms with Crippen molar-refractivity contribution in [3.05, 3.63) is 40.2 Å². The standard InChI is InChI=1S/C19H23N3O2/c1-12-4-3-9-21(10-12)19(24)14-11-22(13-7-8-13)16-6-2-5-15(20)17(16)18(14)23/h2,5-6,11-13H,3-4,7-10,20H2,1H3. The van der Waals surface area contributed by atoms with Crippen LogP contribution in [0.15, 0.2) is 29.2 Å². The number of aromatic nitrogens is 1. The monoisotopic (exact) mass is 325 g/mol. The van der Waals surface area contributed by atoms with E-state index in [0.717, 1.165) is 44.3 Å². The number of carbonyl (C=O) groups is 1. The van der Waals surface area contributed by atoms with Gasteiger partial charge in [-0.2, -0.15) is 0 Å². The Morgan fingerprint density at radius 2 is 2.04 bits per heavy atom. The molecule has 0 spiro atoms. The number of fused-ring (bicyclic) bond motifs is 1. The lowest BCUT2D eigenvalue weighted by atomic mass is 9.99. The molecule has 1 amide bonds. The zero-order chi connectivity index (χ0) is 16.8. The van der Waals surface area contributed by atoms with E-state index in [0.29, 0.717) is 23.0 Å². The first kappa shape index (κ1) is 15.2. The van der Waals surface area contributed by atoms with Gasteiger partial charge in [-0.1, -0.05) is 13.0 Å². The van der Waals surface area contributed by atoms with Crippen LogP contribution >= 0.6 is 0 Å². The second-order valence-electron chi connectivity index (χ2n) is 7.25. The Bertz CT molecular complexity index is 867. The molecule has 1 aliphatic carbocycles. The van der Waals surface area contributed by atoms with E-state index in [1.54, 1.807) is 12.3 Å². The molecule has 0 bridgehead atoms. The van der Waals surface area contributed by atoms with Gasteiger partial charge in [-0.3, -0.25) is 9.59 Å². The first-order chi connectivity index (χ1) is 11.6. The van der Waals surface area contributed by atoms with Crippen LogP contribution in [0.5, 0.6) is 0 Å². The summed E-state index contributed by atoms with van der Waals surface area (Å²) in [6.07, 6.45) is 6.08. The fraction of sp³-hybridized carbons (Fsp3) is 0.474. The van der Waals surface area contributed by atoms with Crippen LogP contribution in [0.3, 0.4) is 0 Å². The van der Waals surface area contributed by atoms with Gasteiger partial charge in [-0.05, 0) is 43.7 Å². The van der Waals surface area contributed by atoms with E-state index < -0.39 is 0 Å². The molecular formula is C19H23N3O2. The summed E-state index contributed by atoms with van der Waals surface area (Å²) in [6, 6.07) is 5.90. The number of benzene rings is 1. The van der Waals surface area contributed by atoms with Crippen LogP contribution in [0, 0.1) is 5.92 Å². The summed E-state index contributed by atoms with van der Waals surface area (Å²) < 4.78 is 2.08. The average molecular weight is 325 g/mol. The molecule has 2 N–H and O–H groups in total. The Labute approximate surface area is 141 Å².